The van der Waals surface area contributed by atoms with Gasteiger partial charge in [0.1, 0.15) is 18.1 Å². The summed E-state index contributed by atoms with van der Waals surface area (Å²) in [5.41, 5.74) is 2.23. The molecule has 0 fully saturated rings. The first-order valence-corrected chi connectivity index (χ1v) is 10.8. The van der Waals surface area contributed by atoms with Crippen LogP contribution in [0, 0.1) is 6.92 Å². The van der Waals surface area contributed by atoms with Gasteiger partial charge in [0.15, 0.2) is 11.0 Å². The number of aromatic nitrogens is 3. The minimum Gasteiger partial charge on any atom is -0.494 e. The van der Waals surface area contributed by atoms with Crippen LogP contribution in [-0.4, -0.2) is 44.9 Å². The van der Waals surface area contributed by atoms with Gasteiger partial charge in [0.2, 0.25) is 0 Å². The predicted octanol–water partition coefficient (Wildman–Crippen LogP) is 4.20. The fraction of sp³-hybridized carbons (Fsp3) is 0.364. The van der Waals surface area contributed by atoms with Crippen LogP contribution in [0.1, 0.15) is 19.4 Å². The van der Waals surface area contributed by atoms with Crippen molar-refractivity contribution in [3.63, 3.8) is 0 Å². The Morgan fingerprint density at radius 1 is 1.03 bits per heavy atom. The molecular weight excluding hydrogens is 386 g/mol. The molecule has 7 heteroatoms. The minimum atomic E-state index is -0.615. The van der Waals surface area contributed by atoms with Crippen molar-refractivity contribution < 1.29 is 14.6 Å². The first-order valence-electron chi connectivity index (χ1n) is 9.77. The monoisotopic (exact) mass is 413 g/mol. The zero-order valence-corrected chi connectivity index (χ0v) is 17.9. The first kappa shape index (κ1) is 21.2. The highest BCUT2D eigenvalue weighted by Gasteiger charge is 2.15. The van der Waals surface area contributed by atoms with Crippen LogP contribution in [0.3, 0.4) is 0 Å². The molecule has 1 heterocycles. The molecule has 2 aromatic carbocycles. The number of thioether (sulfide) groups is 1. The molecular formula is C22H27N3O3S. The summed E-state index contributed by atoms with van der Waals surface area (Å²) >= 11 is 1.48. The average molecular weight is 414 g/mol. The van der Waals surface area contributed by atoms with Crippen molar-refractivity contribution in [3.8, 4) is 22.9 Å². The van der Waals surface area contributed by atoms with Gasteiger partial charge in [-0.15, -0.1) is 10.2 Å². The van der Waals surface area contributed by atoms with Crippen molar-refractivity contribution in [1.82, 2.24) is 14.8 Å². The topological polar surface area (TPSA) is 69.4 Å². The van der Waals surface area contributed by atoms with Crippen LogP contribution in [0.15, 0.2) is 53.7 Å². The predicted molar refractivity (Wildman–Crippen MR) is 116 cm³/mol. The van der Waals surface area contributed by atoms with E-state index in [1.54, 1.807) is 0 Å². The fourth-order valence-electron chi connectivity index (χ4n) is 2.89. The maximum Gasteiger partial charge on any atom is 0.191 e. The summed E-state index contributed by atoms with van der Waals surface area (Å²) in [5, 5.41) is 19.8. The summed E-state index contributed by atoms with van der Waals surface area (Å²) in [7, 11) is 0. The van der Waals surface area contributed by atoms with Gasteiger partial charge in [0.05, 0.1) is 12.7 Å². The van der Waals surface area contributed by atoms with E-state index in [9.17, 15) is 5.11 Å². The van der Waals surface area contributed by atoms with Gasteiger partial charge in [-0.05, 0) is 51.1 Å². The Morgan fingerprint density at radius 3 is 2.41 bits per heavy atom. The number of ether oxygens (including phenoxy) is 2. The highest BCUT2D eigenvalue weighted by Crippen LogP contribution is 2.25. The highest BCUT2D eigenvalue weighted by molar-refractivity contribution is 7.99. The van der Waals surface area contributed by atoms with Crippen LogP contribution in [0.4, 0.5) is 0 Å². The highest BCUT2D eigenvalue weighted by atomic mass is 32.2. The number of aliphatic hydroxyl groups is 1. The lowest BCUT2D eigenvalue weighted by molar-refractivity contribution is 0.126. The van der Waals surface area contributed by atoms with Crippen LogP contribution < -0.4 is 9.47 Å². The summed E-state index contributed by atoms with van der Waals surface area (Å²) in [6, 6.07) is 15.6. The first-order chi connectivity index (χ1) is 14.1. The van der Waals surface area contributed by atoms with Gasteiger partial charge in [-0.25, -0.2) is 0 Å². The SMILES string of the molecule is CCOc1ccc(OCC(O)CSc2nnc(-c3cccc(C)c3)n2CC)cc1. The van der Waals surface area contributed by atoms with Crippen LogP contribution in [0.2, 0.25) is 0 Å². The van der Waals surface area contributed by atoms with Gasteiger partial charge in [-0.2, -0.15) is 0 Å². The maximum atomic E-state index is 10.3. The molecule has 0 aliphatic rings. The van der Waals surface area contributed by atoms with Crippen LogP contribution >= 0.6 is 11.8 Å². The molecule has 3 rings (SSSR count). The molecule has 1 N–H and O–H groups in total. The van der Waals surface area contributed by atoms with Gasteiger partial charge in [-0.3, -0.25) is 0 Å². The van der Waals surface area contributed by atoms with Gasteiger partial charge in [0, 0.05) is 17.9 Å². The maximum absolute atomic E-state index is 10.3. The molecule has 0 radical (unpaired) electrons. The summed E-state index contributed by atoms with van der Waals surface area (Å²) in [4.78, 5) is 0. The summed E-state index contributed by atoms with van der Waals surface area (Å²) in [6.45, 7) is 7.68. The van der Waals surface area contributed by atoms with E-state index in [1.807, 2.05) is 43.3 Å². The molecule has 0 spiro atoms. The van der Waals surface area contributed by atoms with Crippen molar-refractivity contribution in [3.05, 3.63) is 54.1 Å². The normalized spacial score (nSPS) is 12.0. The molecule has 1 atom stereocenters. The smallest absolute Gasteiger partial charge is 0.191 e. The van der Waals surface area contributed by atoms with E-state index in [0.717, 1.165) is 28.8 Å². The zero-order valence-electron chi connectivity index (χ0n) is 17.0. The third-order valence-electron chi connectivity index (χ3n) is 4.29. The van der Waals surface area contributed by atoms with Crippen LogP contribution in [0.25, 0.3) is 11.4 Å². The van der Waals surface area contributed by atoms with E-state index in [4.69, 9.17) is 9.47 Å². The van der Waals surface area contributed by atoms with E-state index < -0.39 is 6.10 Å². The number of aryl methyl sites for hydroxylation is 1. The minimum absolute atomic E-state index is 0.214. The number of benzene rings is 2. The Balaban J connectivity index is 1.55. The Kier molecular flexibility index (Phi) is 7.55. The number of aliphatic hydroxyl groups excluding tert-OH is 1. The summed E-state index contributed by atoms with van der Waals surface area (Å²) in [6.07, 6.45) is -0.615. The van der Waals surface area contributed by atoms with Crippen LogP contribution in [0.5, 0.6) is 11.5 Å². The van der Waals surface area contributed by atoms with Crippen LogP contribution in [-0.2, 0) is 6.54 Å². The van der Waals surface area contributed by atoms with Gasteiger partial charge >= 0.3 is 0 Å². The quantitative estimate of drug-likeness (QED) is 0.502. The Hall–Kier alpha value is -2.51. The Morgan fingerprint density at radius 2 is 1.76 bits per heavy atom. The zero-order chi connectivity index (χ0) is 20.6. The lowest BCUT2D eigenvalue weighted by Crippen LogP contribution is -2.20. The van der Waals surface area contributed by atoms with E-state index >= 15 is 0 Å². The molecule has 0 aliphatic heterocycles. The second-order valence-corrected chi connectivity index (χ2v) is 7.59. The standard InChI is InChI=1S/C22H27N3O3S/c1-4-25-21(17-8-6-7-16(3)13-17)23-24-22(25)29-15-18(26)14-28-20-11-9-19(10-12-20)27-5-2/h6-13,18,26H,4-5,14-15H2,1-3H3. The van der Waals surface area contributed by atoms with E-state index in [0.29, 0.717) is 18.1 Å². The second-order valence-electron chi connectivity index (χ2n) is 6.60. The molecule has 1 unspecified atom stereocenters. The number of nitrogens with zero attached hydrogens (tertiary/aromatic N) is 3. The third kappa shape index (κ3) is 5.74. The number of rotatable bonds is 10. The molecule has 0 saturated heterocycles. The van der Waals surface area contributed by atoms with Crippen molar-refractivity contribution in [2.45, 2.75) is 38.6 Å². The van der Waals surface area contributed by atoms with E-state index in [-0.39, 0.29) is 6.61 Å². The lowest BCUT2D eigenvalue weighted by atomic mass is 10.1. The molecule has 3 aromatic rings. The number of hydrogen-bond donors (Lipinski definition) is 1. The lowest BCUT2D eigenvalue weighted by Gasteiger charge is -2.13. The third-order valence-corrected chi connectivity index (χ3v) is 5.40. The van der Waals surface area contributed by atoms with Crippen molar-refractivity contribution >= 4 is 11.8 Å². The molecule has 0 aliphatic carbocycles. The van der Waals surface area contributed by atoms with Crippen molar-refractivity contribution in [2.75, 3.05) is 19.0 Å². The summed E-state index contributed by atoms with van der Waals surface area (Å²) in [5.74, 6) is 2.83. The molecule has 0 amide bonds. The second kappa shape index (κ2) is 10.3. The fourth-order valence-corrected chi connectivity index (χ4v) is 3.80. The Bertz CT molecular complexity index is 912. The van der Waals surface area contributed by atoms with Crippen molar-refractivity contribution in [2.24, 2.45) is 0 Å². The van der Waals surface area contributed by atoms with Gasteiger partial charge in [0.25, 0.3) is 0 Å². The van der Waals surface area contributed by atoms with E-state index in [2.05, 4.69) is 40.7 Å². The molecule has 29 heavy (non-hydrogen) atoms. The number of hydrogen-bond acceptors (Lipinski definition) is 6. The largest absolute Gasteiger partial charge is 0.494 e. The van der Waals surface area contributed by atoms with Crippen molar-refractivity contribution in [1.29, 1.82) is 0 Å². The molecule has 6 nitrogen and oxygen atoms in total. The average Bonchev–Trinajstić information content (AvgIpc) is 3.15. The molecule has 154 valence electrons. The van der Waals surface area contributed by atoms with Gasteiger partial charge < -0.3 is 19.1 Å². The molecule has 0 saturated carbocycles. The Labute approximate surface area is 175 Å². The van der Waals surface area contributed by atoms with E-state index in [1.165, 1.54) is 17.3 Å². The summed E-state index contributed by atoms with van der Waals surface area (Å²) < 4.78 is 13.2. The van der Waals surface area contributed by atoms with Gasteiger partial charge in [-0.1, -0.05) is 35.5 Å². The molecule has 0 bridgehead atoms. The molecule has 1 aromatic heterocycles.